The summed E-state index contributed by atoms with van der Waals surface area (Å²) in [5.41, 5.74) is -0.988. The SMILES string of the molecule is COC(=O)C1(NC(=O)C2CCN(S(=O)(=O)c3ccc(F)c(Cl)c3)CC2)CCCCC1. The van der Waals surface area contributed by atoms with E-state index in [2.05, 4.69) is 5.32 Å². The number of esters is 1. The van der Waals surface area contributed by atoms with Crippen molar-refractivity contribution in [3.8, 4) is 0 Å². The molecule has 2 fully saturated rings. The molecule has 0 spiro atoms. The Morgan fingerprint density at radius 2 is 1.83 bits per heavy atom. The highest BCUT2D eigenvalue weighted by molar-refractivity contribution is 7.89. The fourth-order valence-electron chi connectivity index (χ4n) is 4.21. The highest BCUT2D eigenvalue weighted by atomic mass is 35.5. The zero-order valence-corrected chi connectivity index (χ0v) is 18.4. The van der Waals surface area contributed by atoms with Gasteiger partial charge in [-0.25, -0.2) is 17.6 Å². The second kappa shape index (κ2) is 9.20. The normalized spacial score (nSPS) is 20.5. The molecule has 30 heavy (non-hydrogen) atoms. The van der Waals surface area contributed by atoms with Crippen molar-refractivity contribution < 1.29 is 27.1 Å². The minimum absolute atomic E-state index is 0.0800. The molecule has 0 radical (unpaired) electrons. The fraction of sp³-hybridized carbons (Fsp3) is 0.600. The average Bonchev–Trinajstić information content (AvgIpc) is 2.75. The highest BCUT2D eigenvalue weighted by Gasteiger charge is 2.43. The Bertz CT molecular complexity index is 910. The second-order valence-corrected chi connectivity index (χ2v) is 10.2. The first kappa shape index (κ1) is 23.0. The van der Waals surface area contributed by atoms with Crippen LogP contribution >= 0.6 is 11.6 Å². The number of methoxy groups -OCH3 is 1. The monoisotopic (exact) mass is 460 g/mol. The lowest BCUT2D eigenvalue weighted by atomic mass is 9.81. The Morgan fingerprint density at radius 1 is 1.20 bits per heavy atom. The molecule has 0 unspecified atom stereocenters. The Balaban J connectivity index is 1.65. The molecule has 1 heterocycles. The Kier molecular flexibility index (Phi) is 7.04. The average molecular weight is 461 g/mol. The number of nitrogens with zero attached hydrogens (tertiary/aromatic N) is 1. The maximum absolute atomic E-state index is 13.4. The van der Waals surface area contributed by atoms with Gasteiger partial charge in [0.2, 0.25) is 15.9 Å². The number of piperidine rings is 1. The number of carbonyl (C=O) groups excluding carboxylic acids is 2. The predicted molar refractivity (Wildman–Crippen MR) is 109 cm³/mol. The van der Waals surface area contributed by atoms with Gasteiger partial charge in [-0.1, -0.05) is 30.9 Å². The van der Waals surface area contributed by atoms with E-state index in [1.54, 1.807) is 0 Å². The van der Waals surface area contributed by atoms with Gasteiger partial charge in [-0.05, 0) is 43.9 Å². The van der Waals surface area contributed by atoms with Crippen LogP contribution in [0.25, 0.3) is 0 Å². The van der Waals surface area contributed by atoms with Crippen LogP contribution < -0.4 is 5.32 Å². The molecule has 3 rings (SSSR count). The van der Waals surface area contributed by atoms with Gasteiger partial charge in [0.1, 0.15) is 11.4 Å². The summed E-state index contributed by atoms with van der Waals surface area (Å²) in [4.78, 5) is 25.1. The molecule has 1 aliphatic carbocycles. The molecule has 10 heteroatoms. The van der Waals surface area contributed by atoms with Gasteiger partial charge in [-0.3, -0.25) is 4.79 Å². The summed E-state index contributed by atoms with van der Waals surface area (Å²) >= 11 is 5.72. The van der Waals surface area contributed by atoms with Gasteiger partial charge in [-0.2, -0.15) is 4.31 Å². The van der Waals surface area contributed by atoms with E-state index in [0.29, 0.717) is 25.7 Å². The maximum Gasteiger partial charge on any atom is 0.331 e. The molecule has 1 N–H and O–H groups in total. The zero-order chi connectivity index (χ0) is 21.9. The summed E-state index contributed by atoms with van der Waals surface area (Å²) in [7, 11) is -2.52. The number of halogens is 2. The third-order valence-electron chi connectivity index (χ3n) is 6.00. The van der Waals surface area contributed by atoms with Gasteiger partial charge in [0.25, 0.3) is 0 Å². The van der Waals surface area contributed by atoms with Gasteiger partial charge >= 0.3 is 5.97 Å². The molecule has 1 aromatic rings. The summed E-state index contributed by atoms with van der Waals surface area (Å²) in [5, 5.41) is 2.65. The summed E-state index contributed by atoms with van der Waals surface area (Å²) < 4.78 is 45.2. The summed E-state index contributed by atoms with van der Waals surface area (Å²) in [6.45, 7) is 0.307. The number of hydrogen-bond acceptors (Lipinski definition) is 5. The molecule has 7 nitrogen and oxygen atoms in total. The molecule has 1 saturated heterocycles. The number of carbonyl (C=O) groups is 2. The van der Waals surface area contributed by atoms with E-state index in [1.807, 2.05) is 0 Å². The van der Waals surface area contributed by atoms with E-state index in [4.69, 9.17) is 16.3 Å². The van der Waals surface area contributed by atoms with Gasteiger partial charge in [0, 0.05) is 19.0 Å². The maximum atomic E-state index is 13.4. The summed E-state index contributed by atoms with van der Waals surface area (Å²) in [6.07, 6.45) is 4.44. The number of benzene rings is 1. The van der Waals surface area contributed by atoms with Crippen LogP contribution in [0.15, 0.2) is 23.1 Å². The van der Waals surface area contributed by atoms with E-state index in [-0.39, 0.29) is 28.9 Å². The summed E-state index contributed by atoms with van der Waals surface area (Å²) in [5.74, 6) is -1.75. The molecule has 1 amide bonds. The van der Waals surface area contributed by atoms with E-state index in [0.717, 1.165) is 31.4 Å². The first-order valence-electron chi connectivity index (χ1n) is 10.1. The van der Waals surface area contributed by atoms with E-state index >= 15 is 0 Å². The molecule has 166 valence electrons. The van der Waals surface area contributed by atoms with E-state index < -0.39 is 33.3 Å². The third kappa shape index (κ3) is 4.63. The zero-order valence-electron chi connectivity index (χ0n) is 16.8. The van der Waals surface area contributed by atoms with Crippen molar-refractivity contribution in [3.05, 3.63) is 29.0 Å². The second-order valence-electron chi connectivity index (χ2n) is 7.88. The molecular formula is C20H26ClFN2O5S. The number of sulfonamides is 1. The highest BCUT2D eigenvalue weighted by Crippen LogP contribution is 2.31. The van der Waals surface area contributed by atoms with Crippen molar-refractivity contribution in [2.75, 3.05) is 20.2 Å². The standard InChI is InChI=1S/C20H26ClFN2O5S/c1-29-19(26)20(9-3-2-4-10-20)23-18(25)14-7-11-24(12-8-14)30(27,28)15-5-6-17(22)16(21)13-15/h5-6,13-14H,2-4,7-12H2,1H3,(H,23,25). The van der Waals surface area contributed by atoms with Crippen LogP contribution in [0.2, 0.25) is 5.02 Å². The van der Waals surface area contributed by atoms with Crippen LogP contribution in [0, 0.1) is 11.7 Å². The molecule has 0 atom stereocenters. The Hall–Kier alpha value is -1.71. The van der Waals surface area contributed by atoms with Crippen LogP contribution in [-0.4, -0.2) is 50.3 Å². The van der Waals surface area contributed by atoms with E-state index in [1.165, 1.54) is 17.5 Å². The molecule has 1 aliphatic heterocycles. The number of hydrogen-bond donors (Lipinski definition) is 1. The number of amides is 1. The molecule has 2 aliphatic rings. The Labute approximate surface area is 181 Å². The first-order chi connectivity index (χ1) is 14.2. The van der Waals surface area contributed by atoms with Gasteiger partial charge < -0.3 is 10.1 Å². The molecule has 0 bridgehead atoms. The largest absolute Gasteiger partial charge is 0.467 e. The lowest BCUT2D eigenvalue weighted by molar-refractivity contribution is -0.153. The third-order valence-corrected chi connectivity index (χ3v) is 8.18. The first-order valence-corrected chi connectivity index (χ1v) is 11.9. The van der Waals surface area contributed by atoms with Crippen LogP contribution in [0.3, 0.4) is 0 Å². The van der Waals surface area contributed by atoms with Crippen LogP contribution in [-0.2, 0) is 24.3 Å². The predicted octanol–water partition coefficient (Wildman–Crippen LogP) is 2.87. The van der Waals surface area contributed by atoms with Crippen molar-refractivity contribution in [2.45, 2.75) is 55.4 Å². The van der Waals surface area contributed by atoms with Crippen LogP contribution in [0.4, 0.5) is 4.39 Å². The van der Waals surface area contributed by atoms with Crippen molar-refractivity contribution in [1.82, 2.24) is 9.62 Å². The minimum atomic E-state index is -3.83. The van der Waals surface area contributed by atoms with Gasteiger partial charge in [0.15, 0.2) is 0 Å². The molecular weight excluding hydrogens is 435 g/mol. The van der Waals surface area contributed by atoms with Crippen molar-refractivity contribution in [2.24, 2.45) is 5.92 Å². The van der Waals surface area contributed by atoms with Gasteiger partial charge in [-0.15, -0.1) is 0 Å². The van der Waals surface area contributed by atoms with Crippen molar-refractivity contribution >= 4 is 33.5 Å². The minimum Gasteiger partial charge on any atom is -0.467 e. The van der Waals surface area contributed by atoms with E-state index in [9.17, 15) is 22.4 Å². The molecule has 1 aromatic carbocycles. The van der Waals surface area contributed by atoms with Crippen LogP contribution in [0.1, 0.15) is 44.9 Å². The smallest absolute Gasteiger partial charge is 0.331 e. The fourth-order valence-corrected chi connectivity index (χ4v) is 5.96. The quantitative estimate of drug-likeness (QED) is 0.682. The van der Waals surface area contributed by atoms with Crippen molar-refractivity contribution in [3.63, 3.8) is 0 Å². The summed E-state index contributed by atoms with van der Waals surface area (Å²) in [6, 6.07) is 3.29. The van der Waals surface area contributed by atoms with Crippen molar-refractivity contribution in [1.29, 1.82) is 0 Å². The lowest BCUT2D eigenvalue weighted by Gasteiger charge is -2.37. The number of ether oxygens (including phenoxy) is 1. The molecule has 0 aromatic heterocycles. The van der Waals surface area contributed by atoms with Crippen LogP contribution in [0.5, 0.6) is 0 Å². The number of rotatable bonds is 5. The molecule has 1 saturated carbocycles. The topological polar surface area (TPSA) is 92.8 Å². The van der Waals surface area contributed by atoms with Gasteiger partial charge in [0.05, 0.1) is 17.0 Å². The number of nitrogens with one attached hydrogen (secondary N) is 1. The Morgan fingerprint density at radius 3 is 2.40 bits per heavy atom. The lowest BCUT2D eigenvalue weighted by Crippen LogP contribution is -2.58.